The van der Waals surface area contributed by atoms with Crippen molar-refractivity contribution in [1.29, 1.82) is 0 Å². The van der Waals surface area contributed by atoms with Gasteiger partial charge in [-0.15, -0.1) is 0 Å². The van der Waals surface area contributed by atoms with Crippen LogP contribution < -0.4 is 21.7 Å². The van der Waals surface area contributed by atoms with Gasteiger partial charge in [0.1, 0.15) is 0 Å². The van der Waals surface area contributed by atoms with Crippen LogP contribution in [0, 0.1) is 0 Å². The van der Waals surface area contributed by atoms with Crippen LogP contribution in [0.5, 0.6) is 0 Å². The van der Waals surface area contributed by atoms with E-state index < -0.39 is 0 Å². The van der Waals surface area contributed by atoms with Crippen LogP contribution in [0.2, 0.25) is 0 Å². The average Bonchev–Trinajstić information content (AvgIpc) is 2.47. The van der Waals surface area contributed by atoms with Crippen LogP contribution in [0.4, 0.5) is 0 Å². The van der Waals surface area contributed by atoms with Gasteiger partial charge in [0.05, 0.1) is 0 Å². The summed E-state index contributed by atoms with van der Waals surface area (Å²) >= 11 is 0. The zero-order valence-electron chi connectivity index (χ0n) is 11.1. The molecule has 0 aromatic heterocycles. The quantitative estimate of drug-likeness (QED) is 0.588. The van der Waals surface area contributed by atoms with Gasteiger partial charge in [-0.1, -0.05) is 24.3 Å². The molecule has 0 aliphatic carbocycles. The Hall–Kier alpha value is -1.43. The van der Waals surface area contributed by atoms with E-state index >= 15 is 0 Å². The third-order valence-electron chi connectivity index (χ3n) is 3.31. The van der Waals surface area contributed by atoms with Crippen LogP contribution in [0.15, 0.2) is 24.3 Å². The Balaban J connectivity index is 1.72. The van der Waals surface area contributed by atoms with Crippen molar-refractivity contribution in [2.45, 2.75) is 25.6 Å². The highest BCUT2D eigenvalue weighted by atomic mass is 16.1. The van der Waals surface area contributed by atoms with Gasteiger partial charge in [-0.25, -0.2) is 0 Å². The summed E-state index contributed by atoms with van der Waals surface area (Å²) in [7, 11) is 0. The van der Waals surface area contributed by atoms with E-state index in [1.165, 1.54) is 0 Å². The summed E-state index contributed by atoms with van der Waals surface area (Å²) in [4.78, 5) is 11.8. The highest BCUT2D eigenvalue weighted by Crippen LogP contribution is 2.03. The number of hydrogen-bond donors (Lipinski definition) is 4. The first-order valence-corrected chi connectivity index (χ1v) is 6.76. The maximum Gasteiger partial charge on any atom is 0.221 e. The first-order valence-electron chi connectivity index (χ1n) is 6.76. The average molecular weight is 262 g/mol. The van der Waals surface area contributed by atoms with Crippen molar-refractivity contribution in [3.63, 3.8) is 0 Å². The molecule has 0 spiro atoms. The number of piperazine rings is 1. The fraction of sp³-hybridized carbons (Fsp3) is 0.500. The molecule has 1 aliphatic heterocycles. The third-order valence-corrected chi connectivity index (χ3v) is 3.31. The normalized spacial score (nSPS) is 19.1. The second-order valence-corrected chi connectivity index (χ2v) is 4.86. The summed E-state index contributed by atoms with van der Waals surface area (Å²) in [6.07, 6.45) is 0.522. The smallest absolute Gasteiger partial charge is 0.221 e. The lowest BCUT2D eigenvalue weighted by Crippen LogP contribution is -2.50. The van der Waals surface area contributed by atoms with Crippen LogP contribution in [0.1, 0.15) is 17.5 Å². The summed E-state index contributed by atoms with van der Waals surface area (Å²) < 4.78 is 0. The second-order valence-electron chi connectivity index (χ2n) is 4.86. The molecular formula is C14H22N4O. The van der Waals surface area contributed by atoms with E-state index in [1.807, 2.05) is 24.3 Å². The number of rotatable bonds is 5. The summed E-state index contributed by atoms with van der Waals surface area (Å²) in [5.41, 5.74) is 7.75. The zero-order chi connectivity index (χ0) is 13.5. The van der Waals surface area contributed by atoms with E-state index in [0.717, 1.165) is 30.8 Å². The number of carbonyl (C=O) groups excluding carboxylic acids is 1. The number of nitrogens with two attached hydrogens (primary N) is 1. The van der Waals surface area contributed by atoms with Crippen molar-refractivity contribution >= 4 is 5.91 Å². The van der Waals surface area contributed by atoms with E-state index in [2.05, 4.69) is 16.0 Å². The second kappa shape index (κ2) is 7.23. The Morgan fingerprint density at radius 1 is 1.26 bits per heavy atom. The number of amides is 1. The lowest BCUT2D eigenvalue weighted by Gasteiger charge is -2.23. The van der Waals surface area contributed by atoms with Gasteiger partial charge >= 0.3 is 0 Å². The molecule has 2 rings (SSSR count). The largest absolute Gasteiger partial charge is 0.352 e. The molecule has 1 aromatic carbocycles. The summed E-state index contributed by atoms with van der Waals surface area (Å²) in [5, 5.41) is 9.54. The summed E-state index contributed by atoms with van der Waals surface area (Å²) in [6, 6.07) is 8.24. The minimum atomic E-state index is 0.0871. The molecule has 1 saturated heterocycles. The van der Waals surface area contributed by atoms with Gasteiger partial charge in [-0.2, -0.15) is 0 Å². The molecule has 5 nitrogen and oxygen atoms in total. The number of hydrogen-bond acceptors (Lipinski definition) is 4. The standard InChI is InChI=1S/C14H22N4O/c15-8-11-1-3-12(4-2-11)9-18-14(19)7-13-10-16-5-6-17-13/h1-4,13,16-17H,5-10,15H2,(H,18,19). The lowest BCUT2D eigenvalue weighted by atomic mass is 10.1. The van der Waals surface area contributed by atoms with Crippen molar-refractivity contribution < 1.29 is 4.79 Å². The summed E-state index contributed by atoms with van der Waals surface area (Å²) in [5.74, 6) is 0.0871. The van der Waals surface area contributed by atoms with E-state index in [0.29, 0.717) is 19.5 Å². The maximum absolute atomic E-state index is 11.8. The molecule has 1 amide bonds. The minimum absolute atomic E-state index is 0.0871. The fourth-order valence-corrected chi connectivity index (χ4v) is 2.15. The topological polar surface area (TPSA) is 79.2 Å². The van der Waals surface area contributed by atoms with Crippen molar-refractivity contribution in [2.24, 2.45) is 5.73 Å². The molecule has 1 atom stereocenters. The van der Waals surface area contributed by atoms with Crippen LogP contribution in [0.3, 0.4) is 0 Å². The first kappa shape index (κ1) is 14.0. The van der Waals surface area contributed by atoms with Gasteiger partial charge in [0.2, 0.25) is 5.91 Å². The molecule has 1 aliphatic rings. The molecule has 19 heavy (non-hydrogen) atoms. The van der Waals surface area contributed by atoms with E-state index in [-0.39, 0.29) is 11.9 Å². The van der Waals surface area contributed by atoms with Crippen molar-refractivity contribution in [1.82, 2.24) is 16.0 Å². The Bertz CT molecular complexity index is 398. The molecule has 0 bridgehead atoms. The van der Waals surface area contributed by atoms with Crippen molar-refractivity contribution in [2.75, 3.05) is 19.6 Å². The van der Waals surface area contributed by atoms with E-state index in [1.54, 1.807) is 0 Å². The monoisotopic (exact) mass is 262 g/mol. The molecule has 5 heteroatoms. The SMILES string of the molecule is NCc1ccc(CNC(=O)CC2CNCCN2)cc1. The highest BCUT2D eigenvalue weighted by molar-refractivity contribution is 5.76. The van der Waals surface area contributed by atoms with E-state index in [9.17, 15) is 4.79 Å². The zero-order valence-corrected chi connectivity index (χ0v) is 11.1. The Kier molecular flexibility index (Phi) is 5.32. The Morgan fingerprint density at radius 2 is 2.00 bits per heavy atom. The minimum Gasteiger partial charge on any atom is -0.352 e. The van der Waals surface area contributed by atoms with Gasteiger partial charge in [-0.05, 0) is 11.1 Å². The summed E-state index contributed by atoms with van der Waals surface area (Å²) in [6.45, 7) is 3.89. The molecule has 1 aromatic rings. The molecule has 0 radical (unpaired) electrons. The lowest BCUT2D eigenvalue weighted by molar-refractivity contribution is -0.121. The van der Waals surface area contributed by atoms with Crippen LogP contribution in [-0.2, 0) is 17.9 Å². The number of carbonyl (C=O) groups is 1. The van der Waals surface area contributed by atoms with Crippen molar-refractivity contribution in [3.05, 3.63) is 35.4 Å². The highest BCUT2D eigenvalue weighted by Gasteiger charge is 2.15. The van der Waals surface area contributed by atoms with Crippen LogP contribution in [-0.4, -0.2) is 31.6 Å². The van der Waals surface area contributed by atoms with E-state index in [4.69, 9.17) is 5.73 Å². The molecule has 0 saturated carbocycles. The predicted molar refractivity (Wildman–Crippen MR) is 75.5 cm³/mol. The van der Waals surface area contributed by atoms with Crippen LogP contribution in [0.25, 0.3) is 0 Å². The molecule has 5 N–H and O–H groups in total. The van der Waals surface area contributed by atoms with Crippen molar-refractivity contribution in [3.8, 4) is 0 Å². The van der Waals surface area contributed by atoms with Gasteiger partial charge in [0.15, 0.2) is 0 Å². The molecular weight excluding hydrogens is 240 g/mol. The van der Waals surface area contributed by atoms with Crippen LogP contribution >= 0.6 is 0 Å². The predicted octanol–water partition coefficient (Wildman–Crippen LogP) is -0.287. The number of benzene rings is 1. The van der Waals surface area contributed by atoms with Gasteiger partial charge < -0.3 is 21.7 Å². The third kappa shape index (κ3) is 4.63. The molecule has 1 unspecified atom stereocenters. The maximum atomic E-state index is 11.8. The number of nitrogens with one attached hydrogen (secondary N) is 3. The van der Waals surface area contributed by atoms with Gasteiger partial charge in [0.25, 0.3) is 0 Å². The fourth-order valence-electron chi connectivity index (χ4n) is 2.15. The molecule has 104 valence electrons. The molecule has 1 fully saturated rings. The molecule has 1 heterocycles. The Morgan fingerprint density at radius 3 is 2.63 bits per heavy atom. The Labute approximate surface area is 113 Å². The first-order chi connectivity index (χ1) is 9.28. The van der Waals surface area contributed by atoms with Gasteiger partial charge in [0, 0.05) is 45.2 Å². The van der Waals surface area contributed by atoms with Gasteiger partial charge in [-0.3, -0.25) is 4.79 Å².